The highest BCUT2D eigenvalue weighted by molar-refractivity contribution is 5.79. The van der Waals surface area contributed by atoms with Crippen molar-refractivity contribution in [2.45, 2.75) is 13.8 Å². The van der Waals surface area contributed by atoms with Crippen LogP contribution in [0.5, 0.6) is 0 Å². The van der Waals surface area contributed by atoms with E-state index in [0.717, 1.165) is 13.0 Å². The van der Waals surface area contributed by atoms with E-state index in [9.17, 15) is 4.79 Å². The molecule has 0 rings (SSSR count). The van der Waals surface area contributed by atoms with Crippen LogP contribution in [0.1, 0.15) is 13.8 Å². The van der Waals surface area contributed by atoms with Crippen molar-refractivity contribution >= 4 is 11.9 Å². The summed E-state index contributed by atoms with van der Waals surface area (Å²) in [5.74, 6) is -1.72. The Bertz CT molecular complexity index is 133. The fraction of sp³-hybridized carbons (Fsp3) is 0.333. The number of carboxylic acid groups (broad SMARTS) is 2. The van der Waals surface area contributed by atoms with Gasteiger partial charge in [0.2, 0.25) is 0 Å². The maximum atomic E-state index is 9.51. The second kappa shape index (κ2) is 7.68. The smallest absolute Gasteiger partial charge is 0.327 e. The van der Waals surface area contributed by atoms with Gasteiger partial charge < -0.3 is 10.2 Å². The summed E-state index contributed by atoms with van der Waals surface area (Å²) in [6.07, 6.45) is 2.56. The molecule has 0 aromatic carbocycles. The summed E-state index contributed by atoms with van der Waals surface area (Å²) in [5.41, 5.74) is 0. The first kappa shape index (κ1) is 11.5. The minimum Gasteiger partial charge on any atom is -0.481 e. The molecule has 0 heterocycles. The molecule has 0 saturated heterocycles. The summed E-state index contributed by atoms with van der Waals surface area (Å²) in [6, 6.07) is 0. The monoisotopic (exact) mass is 146 g/mol. The zero-order valence-corrected chi connectivity index (χ0v) is 5.87. The Balaban J connectivity index is 0. The maximum absolute atomic E-state index is 9.51. The second-order valence-electron chi connectivity index (χ2n) is 1.36. The molecule has 10 heavy (non-hydrogen) atoms. The molecule has 58 valence electrons. The van der Waals surface area contributed by atoms with E-state index in [1.807, 2.05) is 0 Å². The zero-order valence-electron chi connectivity index (χ0n) is 5.87. The van der Waals surface area contributed by atoms with Crippen LogP contribution < -0.4 is 0 Å². The number of aliphatic carboxylic acids is 2. The third kappa shape index (κ3) is 76.4. The highest BCUT2D eigenvalue weighted by Gasteiger charge is 1.76. The standard InChI is InChI=1S/C4H6O2.C2H4O2/c1-2-3-4(5)6;1-2(3)4/h2-3H,1H3,(H,5,6);1H3,(H,3,4). The Hall–Kier alpha value is -1.32. The quantitative estimate of drug-likeness (QED) is 0.535. The van der Waals surface area contributed by atoms with Crippen LogP contribution in [0, 0.1) is 0 Å². The predicted octanol–water partition coefficient (Wildman–Crippen LogP) is 0.738. The molecule has 2 N–H and O–H groups in total. The zero-order chi connectivity index (χ0) is 8.57. The third-order valence-corrected chi connectivity index (χ3v) is 0.309. The van der Waals surface area contributed by atoms with Gasteiger partial charge in [-0.2, -0.15) is 0 Å². The number of allylic oxidation sites excluding steroid dienone is 1. The van der Waals surface area contributed by atoms with Crippen molar-refractivity contribution in [2.75, 3.05) is 0 Å². The van der Waals surface area contributed by atoms with Crippen molar-refractivity contribution in [3.8, 4) is 0 Å². The summed E-state index contributed by atoms with van der Waals surface area (Å²) >= 11 is 0. The van der Waals surface area contributed by atoms with E-state index >= 15 is 0 Å². The van der Waals surface area contributed by atoms with Crippen LogP contribution in [0.2, 0.25) is 0 Å². The second-order valence-corrected chi connectivity index (χ2v) is 1.36. The minimum absolute atomic E-state index is 0.833. The Morgan fingerprint density at radius 3 is 1.60 bits per heavy atom. The van der Waals surface area contributed by atoms with Crippen molar-refractivity contribution in [2.24, 2.45) is 0 Å². The molecule has 0 saturated carbocycles. The normalized spacial score (nSPS) is 8.20. The average molecular weight is 146 g/mol. The molecule has 0 aromatic rings. The molecule has 0 fully saturated rings. The summed E-state index contributed by atoms with van der Waals surface area (Å²) in [5, 5.41) is 15.2. The van der Waals surface area contributed by atoms with Gasteiger partial charge in [-0.25, -0.2) is 4.79 Å². The molecule has 0 aromatic heterocycles. The number of hydrogen-bond acceptors (Lipinski definition) is 2. The molecule has 0 amide bonds. The summed E-state index contributed by atoms with van der Waals surface area (Å²) in [6.45, 7) is 2.74. The van der Waals surface area contributed by atoms with Gasteiger partial charge in [0, 0.05) is 13.0 Å². The molecule has 4 heteroatoms. The Kier molecular flexibility index (Phi) is 8.81. The molecule has 0 aliphatic rings. The van der Waals surface area contributed by atoms with Crippen molar-refractivity contribution in [1.29, 1.82) is 0 Å². The lowest BCUT2D eigenvalue weighted by Crippen LogP contribution is -1.83. The first-order valence-electron chi connectivity index (χ1n) is 2.55. The Morgan fingerprint density at radius 1 is 1.30 bits per heavy atom. The van der Waals surface area contributed by atoms with E-state index in [2.05, 4.69) is 0 Å². The molecule has 0 bridgehead atoms. The topological polar surface area (TPSA) is 74.6 Å². The highest BCUT2D eigenvalue weighted by Crippen LogP contribution is 1.65. The van der Waals surface area contributed by atoms with Crippen LogP contribution in [-0.4, -0.2) is 22.2 Å². The molecule has 0 aliphatic heterocycles. The largest absolute Gasteiger partial charge is 0.481 e. The number of rotatable bonds is 1. The van der Waals surface area contributed by atoms with Crippen LogP contribution in [0.15, 0.2) is 12.2 Å². The van der Waals surface area contributed by atoms with E-state index in [1.54, 1.807) is 6.92 Å². The van der Waals surface area contributed by atoms with Crippen molar-refractivity contribution in [3.05, 3.63) is 12.2 Å². The van der Waals surface area contributed by atoms with Gasteiger partial charge in [0.25, 0.3) is 5.97 Å². The number of hydrogen-bond donors (Lipinski definition) is 2. The molecular formula is C6H10O4. The number of carboxylic acids is 2. The predicted molar refractivity (Wildman–Crippen MR) is 35.8 cm³/mol. The van der Waals surface area contributed by atoms with E-state index < -0.39 is 11.9 Å². The summed E-state index contributed by atoms with van der Waals surface area (Å²) in [7, 11) is 0. The van der Waals surface area contributed by atoms with E-state index in [-0.39, 0.29) is 0 Å². The Morgan fingerprint density at radius 2 is 1.60 bits per heavy atom. The van der Waals surface area contributed by atoms with Crippen LogP contribution in [0.3, 0.4) is 0 Å². The van der Waals surface area contributed by atoms with Crippen LogP contribution in [0.4, 0.5) is 0 Å². The molecule has 0 unspecified atom stereocenters. The van der Waals surface area contributed by atoms with Gasteiger partial charge in [-0.05, 0) is 6.92 Å². The SMILES string of the molecule is CC(=O)O.CC=CC(=O)O. The van der Waals surface area contributed by atoms with Crippen LogP contribution in [-0.2, 0) is 9.59 Å². The first-order valence-corrected chi connectivity index (χ1v) is 2.55. The molecular weight excluding hydrogens is 136 g/mol. The van der Waals surface area contributed by atoms with Crippen LogP contribution in [0.25, 0.3) is 0 Å². The molecule has 0 aliphatic carbocycles. The van der Waals surface area contributed by atoms with Gasteiger partial charge in [0.15, 0.2) is 0 Å². The summed E-state index contributed by atoms with van der Waals surface area (Å²) < 4.78 is 0. The lowest BCUT2D eigenvalue weighted by molar-refractivity contribution is -0.134. The highest BCUT2D eigenvalue weighted by atomic mass is 16.4. The molecule has 0 radical (unpaired) electrons. The number of carbonyl (C=O) groups is 2. The lowest BCUT2D eigenvalue weighted by Gasteiger charge is -1.68. The third-order valence-electron chi connectivity index (χ3n) is 0.309. The van der Waals surface area contributed by atoms with Crippen molar-refractivity contribution < 1.29 is 19.8 Å². The van der Waals surface area contributed by atoms with E-state index in [1.165, 1.54) is 6.08 Å². The van der Waals surface area contributed by atoms with Gasteiger partial charge in [0.1, 0.15) is 0 Å². The minimum atomic E-state index is -0.891. The first-order chi connectivity index (χ1) is 4.50. The fourth-order valence-electron chi connectivity index (χ4n) is 0.143. The lowest BCUT2D eigenvalue weighted by atomic mass is 10.5. The van der Waals surface area contributed by atoms with E-state index in [0.29, 0.717) is 0 Å². The molecule has 0 atom stereocenters. The van der Waals surface area contributed by atoms with Crippen molar-refractivity contribution in [3.63, 3.8) is 0 Å². The van der Waals surface area contributed by atoms with Gasteiger partial charge in [-0.3, -0.25) is 4.79 Å². The van der Waals surface area contributed by atoms with Crippen LogP contribution >= 0.6 is 0 Å². The Labute approximate surface area is 58.8 Å². The van der Waals surface area contributed by atoms with Gasteiger partial charge in [0.05, 0.1) is 0 Å². The molecule has 0 spiro atoms. The molecule has 4 nitrogen and oxygen atoms in total. The van der Waals surface area contributed by atoms with Gasteiger partial charge >= 0.3 is 5.97 Å². The summed E-state index contributed by atoms with van der Waals surface area (Å²) in [4.78, 5) is 18.5. The van der Waals surface area contributed by atoms with Gasteiger partial charge in [-0.15, -0.1) is 0 Å². The average Bonchev–Trinajstić information content (AvgIpc) is 1.62. The van der Waals surface area contributed by atoms with Gasteiger partial charge in [-0.1, -0.05) is 6.08 Å². The maximum Gasteiger partial charge on any atom is 0.327 e. The fourth-order valence-corrected chi connectivity index (χ4v) is 0.143. The van der Waals surface area contributed by atoms with Crippen molar-refractivity contribution in [1.82, 2.24) is 0 Å². The van der Waals surface area contributed by atoms with E-state index in [4.69, 9.17) is 15.0 Å².